The topological polar surface area (TPSA) is 9.86 Å². The summed E-state index contributed by atoms with van der Waals surface area (Å²) >= 11 is 0. The summed E-state index contributed by atoms with van der Waals surface area (Å²) in [5.41, 5.74) is 7.42. The molecule has 5 aromatic rings. The zero-order valence-electron chi connectivity index (χ0n) is 17.3. The highest BCUT2D eigenvalue weighted by Crippen LogP contribution is 2.22. The summed E-state index contributed by atoms with van der Waals surface area (Å²) in [6, 6.07) is 25.6. The molecule has 2 heterocycles. The lowest BCUT2D eigenvalue weighted by Gasteiger charge is -2.01. The van der Waals surface area contributed by atoms with Crippen molar-refractivity contribution < 1.29 is 0 Å². The molecule has 30 heavy (non-hydrogen) atoms. The van der Waals surface area contributed by atoms with E-state index in [9.17, 15) is 0 Å². The van der Waals surface area contributed by atoms with E-state index in [4.69, 9.17) is 0 Å². The van der Waals surface area contributed by atoms with Crippen molar-refractivity contribution in [3.8, 4) is 0 Å². The minimum absolute atomic E-state index is 1.18. The van der Waals surface area contributed by atoms with Gasteiger partial charge in [-0.15, -0.1) is 0 Å². The molecule has 0 unspecified atom stereocenters. The van der Waals surface area contributed by atoms with Crippen LogP contribution >= 0.6 is 0 Å². The second-order valence-electron chi connectivity index (χ2n) is 7.77. The minimum Gasteiger partial charge on any atom is -0.323 e. The Labute approximate surface area is 177 Å². The van der Waals surface area contributed by atoms with Crippen LogP contribution < -0.4 is 0 Å². The first-order valence-corrected chi connectivity index (χ1v) is 10.3. The van der Waals surface area contributed by atoms with E-state index in [0.29, 0.717) is 0 Å². The van der Waals surface area contributed by atoms with E-state index >= 15 is 0 Å². The fourth-order valence-electron chi connectivity index (χ4n) is 4.11. The Balaban J connectivity index is 1.42. The summed E-state index contributed by atoms with van der Waals surface area (Å²) < 4.78 is 4.39. The molecule has 146 valence electrons. The molecule has 0 aliphatic carbocycles. The smallest absolute Gasteiger partial charge is 0.0525 e. The van der Waals surface area contributed by atoms with Crippen LogP contribution in [0.2, 0.25) is 0 Å². The van der Waals surface area contributed by atoms with Crippen molar-refractivity contribution in [1.29, 1.82) is 0 Å². The molecule has 0 fully saturated rings. The average molecular weight is 389 g/mol. The van der Waals surface area contributed by atoms with Gasteiger partial charge in [0.15, 0.2) is 0 Å². The Kier molecular flexibility index (Phi) is 4.61. The molecule has 0 amide bonds. The van der Waals surface area contributed by atoms with E-state index in [1.807, 2.05) is 0 Å². The third-order valence-electron chi connectivity index (χ3n) is 5.65. The zero-order valence-corrected chi connectivity index (χ0v) is 17.3. The number of benzene rings is 3. The Morgan fingerprint density at radius 1 is 0.567 bits per heavy atom. The lowest BCUT2D eigenvalue weighted by Crippen LogP contribution is -1.84. The highest BCUT2D eigenvalue weighted by atomic mass is 14.9. The maximum absolute atomic E-state index is 2.21. The molecule has 3 aromatic carbocycles. The number of rotatable bonds is 4. The van der Waals surface area contributed by atoms with Gasteiger partial charge in [-0.3, -0.25) is 0 Å². The van der Waals surface area contributed by atoms with Crippen molar-refractivity contribution in [2.75, 3.05) is 0 Å². The first kappa shape index (κ1) is 18.3. The van der Waals surface area contributed by atoms with Gasteiger partial charge in [-0.25, -0.2) is 0 Å². The second-order valence-corrected chi connectivity index (χ2v) is 7.77. The average Bonchev–Trinajstić information content (AvgIpc) is 3.28. The molecule has 0 aliphatic rings. The molecule has 0 saturated heterocycles. The molecular formula is C28H24N2. The molecule has 2 heteroatoms. The number of aryl methyl sites for hydroxylation is 2. The minimum atomic E-state index is 1.18. The first-order valence-electron chi connectivity index (χ1n) is 10.3. The summed E-state index contributed by atoms with van der Waals surface area (Å²) in [6.45, 7) is 4.31. The van der Waals surface area contributed by atoms with Gasteiger partial charge in [0.25, 0.3) is 0 Å². The van der Waals surface area contributed by atoms with E-state index in [1.165, 1.54) is 44.1 Å². The predicted molar refractivity (Wildman–Crippen MR) is 130 cm³/mol. The van der Waals surface area contributed by atoms with Gasteiger partial charge in [-0.05, 0) is 66.5 Å². The van der Waals surface area contributed by atoms with Gasteiger partial charge in [0.2, 0.25) is 0 Å². The summed E-state index contributed by atoms with van der Waals surface area (Å²) in [5, 5.41) is 2.60. The molecule has 0 bridgehead atoms. The number of hydrogen-bond donors (Lipinski definition) is 0. The third kappa shape index (κ3) is 3.37. The fraction of sp³-hybridized carbons (Fsp3) is 0.0714. The normalized spacial score (nSPS) is 12.1. The number of hydrogen-bond acceptors (Lipinski definition) is 0. The van der Waals surface area contributed by atoms with Crippen molar-refractivity contribution in [3.05, 3.63) is 107 Å². The Morgan fingerprint density at radius 3 is 1.53 bits per heavy atom. The van der Waals surface area contributed by atoms with E-state index in [0.717, 1.165) is 0 Å². The molecule has 0 spiro atoms. The number of fused-ring (bicyclic) bond motifs is 2. The summed E-state index contributed by atoms with van der Waals surface area (Å²) in [7, 11) is 0. The molecule has 2 aromatic heterocycles. The second kappa shape index (κ2) is 7.57. The molecule has 0 N–H and O–H groups in total. The highest BCUT2D eigenvalue weighted by Gasteiger charge is 2.03. The van der Waals surface area contributed by atoms with Crippen LogP contribution in [0.1, 0.15) is 22.3 Å². The molecule has 0 radical (unpaired) electrons. The first-order chi connectivity index (χ1) is 14.7. The summed E-state index contributed by atoms with van der Waals surface area (Å²) in [4.78, 5) is 0. The molecule has 0 aliphatic heterocycles. The van der Waals surface area contributed by atoms with Crippen LogP contribution in [0.5, 0.6) is 0 Å². The van der Waals surface area contributed by atoms with E-state index in [2.05, 4.69) is 133 Å². The molecule has 2 nitrogen and oxygen atoms in total. The lowest BCUT2D eigenvalue weighted by molar-refractivity contribution is 1.22. The SMILES string of the molecule is Cc1cn(/C=C\c2cccc(/C=C/n3cc(C)c4ccccc43)c2)c2ccccc12. The van der Waals surface area contributed by atoms with Gasteiger partial charge in [-0.1, -0.05) is 54.6 Å². The maximum atomic E-state index is 2.21. The van der Waals surface area contributed by atoms with Gasteiger partial charge in [0.1, 0.15) is 0 Å². The van der Waals surface area contributed by atoms with E-state index in [1.54, 1.807) is 0 Å². The van der Waals surface area contributed by atoms with Gasteiger partial charge in [-0.2, -0.15) is 0 Å². The van der Waals surface area contributed by atoms with Crippen LogP contribution in [0.4, 0.5) is 0 Å². The Bertz CT molecular complexity index is 1300. The van der Waals surface area contributed by atoms with Crippen LogP contribution in [-0.2, 0) is 0 Å². The summed E-state index contributed by atoms with van der Waals surface area (Å²) in [5.74, 6) is 0. The quantitative estimate of drug-likeness (QED) is 0.302. The van der Waals surface area contributed by atoms with E-state index < -0.39 is 0 Å². The van der Waals surface area contributed by atoms with Crippen LogP contribution in [-0.4, -0.2) is 9.13 Å². The molecule has 0 saturated carbocycles. The zero-order chi connectivity index (χ0) is 20.5. The predicted octanol–water partition coefficient (Wildman–Crippen LogP) is 7.47. The fourth-order valence-corrected chi connectivity index (χ4v) is 4.11. The van der Waals surface area contributed by atoms with Crippen molar-refractivity contribution in [2.24, 2.45) is 0 Å². The van der Waals surface area contributed by atoms with Crippen LogP contribution in [0, 0.1) is 13.8 Å². The number of para-hydroxylation sites is 2. The van der Waals surface area contributed by atoms with Gasteiger partial charge < -0.3 is 9.13 Å². The number of nitrogens with zero attached hydrogens (tertiary/aromatic N) is 2. The standard InChI is InChI=1S/C28H24N2/c1-21-19-29(27-12-5-3-10-25(21)27)16-14-23-8-7-9-24(18-23)15-17-30-20-22(2)26-11-4-6-13-28(26)30/h3-20H,1-2H3/b16-14-,17-15+. The number of aromatic nitrogens is 2. The monoisotopic (exact) mass is 388 g/mol. The van der Waals surface area contributed by atoms with Crippen LogP contribution in [0.25, 0.3) is 46.4 Å². The third-order valence-corrected chi connectivity index (χ3v) is 5.65. The lowest BCUT2D eigenvalue weighted by atomic mass is 10.1. The molecule has 5 rings (SSSR count). The largest absolute Gasteiger partial charge is 0.323 e. The van der Waals surface area contributed by atoms with Crippen molar-refractivity contribution in [1.82, 2.24) is 9.13 Å². The van der Waals surface area contributed by atoms with Crippen molar-refractivity contribution >= 4 is 46.4 Å². The molecular weight excluding hydrogens is 364 g/mol. The maximum Gasteiger partial charge on any atom is 0.0525 e. The molecule has 0 atom stereocenters. The Morgan fingerprint density at radius 2 is 1.03 bits per heavy atom. The Hall–Kier alpha value is -3.78. The highest BCUT2D eigenvalue weighted by molar-refractivity contribution is 5.87. The van der Waals surface area contributed by atoms with Crippen LogP contribution in [0.3, 0.4) is 0 Å². The van der Waals surface area contributed by atoms with E-state index in [-0.39, 0.29) is 0 Å². The van der Waals surface area contributed by atoms with Gasteiger partial charge in [0, 0.05) is 35.6 Å². The van der Waals surface area contributed by atoms with Crippen molar-refractivity contribution in [2.45, 2.75) is 13.8 Å². The summed E-state index contributed by atoms with van der Waals surface area (Å²) in [6.07, 6.45) is 13.0. The van der Waals surface area contributed by atoms with Crippen molar-refractivity contribution in [3.63, 3.8) is 0 Å². The van der Waals surface area contributed by atoms with Gasteiger partial charge >= 0.3 is 0 Å². The van der Waals surface area contributed by atoms with Crippen LogP contribution in [0.15, 0.2) is 85.2 Å². The van der Waals surface area contributed by atoms with Gasteiger partial charge in [0.05, 0.1) is 11.0 Å².